The molecule has 0 saturated heterocycles. The average molecular weight is 236 g/mol. The minimum atomic E-state index is -1.02. The Kier molecular flexibility index (Phi) is 4.78. The molecule has 0 amide bonds. The molecule has 0 aromatic heterocycles. The Bertz CT molecular complexity index is 429. The summed E-state index contributed by atoms with van der Waals surface area (Å²) in [5.41, 5.74) is 15.7. The summed E-state index contributed by atoms with van der Waals surface area (Å²) in [6.45, 7) is 1.98. The van der Waals surface area contributed by atoms with Crippen LogP contribution in [0.15, 0.2) is 23.3 Å². The molecular weight excluding hydrogens is 220 g/mol. The van der Waals surface area contributed by atoms with E-state index in [0.717, 1.165) is 5.56 Å². The Labute approximate surface area is 99.3 Å². The van der Waals surface area contributed by atoms with E-state index in [-0.39, 0.29) is 13.0 Å². The topological polar surface area (TPSA) is 115 Å². The quantitative estimate of drug-likeness (QED) is 0.312. The molecule has 1 aromatic rings. The van der Waals surface area contributed by atoms with Crippen LogP contribution in [-0.4, -0.2) is 22.9 Å². The summed E-state index contributed by atoms with van der Waals surface area (Å²) >= 11 is 0. The Morgan fingerprint density at radius 2 is 2.18 bits per heavy atom. The molecule has 6 nitrogen and oxygen atoms in total. The lowest BCUT2D eigenvalue weighted by atomic mass is 9.97. The molecule has 0 aliphatic rings. The first-order chi connectivity index (χ1) is 8.06. The maximum absolute atomic E-state index is 9.95. The van der Waals surface area contributed by atoms with E-state index in [2.05, 4.69) is 10.0 Å². The monoisotopic (exact) mass is 236 g/mol. The van der Waals surface area contributed by atoms with Crippen LogP contribution in [0.5, 0.6) is 0 Å². The lowest BCUT2D eigenvalue weighted by Crippen LogP contribution is -2.20. The maximum atomic E-state index is 9.95. The van der Waals surface area contributed by atoms with Crippen LogP contribution in [0.2, 0.25) is 0 Å². The number of rotatable bonds is 5. The van der Waals surface area contributed by atoms with Gasteiger partial charge in [0.15, 0.2) is 0 Å². The molecule has 1 aromatic carbocycles. The maximum Gasteiger partial charge on any atom is 0.105 e. The molecule has 0 saturated carbocycles. The van der Waals surface area contributed by atoms with Crippen molar-refractivity contribution >= 4 is 5.69 Å². The van der Waals surface area contributed by atoms with Crippen LogP contribution in [0, 0.1) is 6.92 Å². The Hall–Kier alpha value is -1.75. The lowest BCUT2D eigenvalue weighted by molar-refractivity contribution is 0.0147. The molecule has 0 heterocycles. The van der Waals surface area contributed by atoms with Crippen LogP contribution in [0.4, 0.5) is 5.69 Å². The standard InChI is InChI=1S/C11H16N4O2/c1-7-2-3-8(12)6-9(7)11(17)10(16)4-5-14-15-13/h2-3,6,10-11,16-17H,4-5,12H2,1H3. The van der Waals surface area contributed by atoms with E-state index < -0.39 is 12.2 Å². The summed E-state index contributed by atoms with van der Waals surface area (Å²) in [6.07, 6.45) is -1.78. The van der Waals surface area contributed by atoms with E-state index in [1.807, 2.05) is 6.92 Å². The van der Waals surface area contributed by atoms with Gasteiger partial charge in [0.25, 0.3) is 0 Å². The van der Waals surface area contributed by atoms with Crippen LogP contribution < -0.4 is 5.73 Å². The Morgan fingerprint density at radius 3 is 2.82 bits per heavy atom. The molecule has 0 aliphatic heterocycles. The molecule has 0 fully saturated rings. The van der Waals surface area contributed by atoms with Gasteiger partial charge in [-0.2, -0.15) is 0 Å². The number of hydrogen-bond acceptors (Lipinski definition) is 4. The van der Waals surface area contributed by atoms with Crippen molar-refractivity contribution in [3.63, 3.8) is 0 Å². The van der Waals surface area contributed by atoms with E-state index in [0.29, 0.717) is 11.3 Å². The van der Waals surface area contributed by atoms with Gasteiger partial charge >= 0.3 is 0 Å². The zero-order valence-corrected chi connectivity index (χ0v) is 9.61. The summed E-state index contributed by atoms with van der Waals surface area (Å²) in [4.78, 5) is 2.58. The fraction of sp³-hybridized carbons (Fsp3) is 0.455. The highest BCUT2D eigenvalue weighted by molar-refractivity contribution is 5.45. The van der Waals surface area contributed by atoms with Gasteiger partial charge in [-0.25, -0.2) is 0 Å². The van der Waals surface area contributed by atoms with Gasteiger partial charge in [0.1, 0.15) is 6.10 Å². The SMILES string of the molecule is Cc1ccc(N)cc1C(O)C(O)CCN=[N+]=[N-]. The van der Waals surface area contributed by atoms with Gasteiger partial charge in [0, 0.05) is 17.1 Å². The summed E-state index contributed by atoms with van der Waals surface area (Å²) < 4.78 is 0. The van der Waals surface area contributed by atoms with E-state index >= 15 is 0 Å². The molecule has 0 aliphatic carbocycles. The normalized spacial score (nSPS) is 13.8. The predicted octanol–water partition coefficient (Wildman–Crippen LogP) is 1.67. The largest absolute Gasteiger partial charge is 0.399 e. The van der Waals surface area contributed by atoms with Crippen LogP contribution in [0.25, 0.3) is 10.4 Å². The van der Waals surface area contributed by atoms with Gasteiger partial charge < -0.3 is 15.9 Å². The third-order valence-electron chi connectivity index (χ3n) is 2.57. The third kappa shape index (κ3) is 3.64. The van der Waals surface area contributed by atoms with Gasteiger partial charge in [-0.3, -0.25) is 0 Å². The van der Waals surface area contributed by atoms with Crippen molar-refractivity contribution in [2.45, 2.75) is 25.6 Å². The number of nitrogens with zero attached hydrogens (tertiary/aromatic N) is 3. The zero-order valence-electron chi connectivity index (χ0n) is 9.61. The van der Waals surface area contributed by atoms with Crippen molar-refractivity contribution in [1.82, 2.24) is 0 Å². The van der Waals surface area contributed by atoms with Crippen molar-refractivity contribution < 1.29 is 10.2 Å². The number of aliphatic hydroxyl groups is 2. The van der Waals surface area contributed by atoms with E-state index in [9.17, 15) is 10.2 Å². The molecule has 4 N–H and O–H groups in total. The van der Waals surface area contributed by atoms with Crippen LogP contribution in [0.1, 0.15) is 23.7 Å². The second-order valence-corrected chi connectivity index (χ2v) is 3.87. The summed E-state index contributed by atoms with van der Waals surface area (Å²) in [5.74, 6) is 0. The molecule has 17 heavy (non-hydrogen) atoms. The Balaban J connectivity index is 2.76. The number of azide groups is 1. The molecule has 0 spiro atoms. The first-order valence-corrected chi connectivity index (χ1v) is 5.29. The first kappa shape index (κ1) is 13.3. The van der Waals surface area contributed by atoms with Crippen molar-refractivity contribution in [2.24, 2.45) is 5.11 Å². The summed E-state index contributed by atoms with van der Waals surface area (Å²) in [5, 5.41) is 23.0. The lowest BCUT2D eigenvalue weighted by Gasteiger charge is -2.19. The van der Waals surface area contributed by atoms with Crippen molar-refractivity contribution in [3.05, 3.63) is 39.8 Å². The van der Waals surface area contributed by atoms with Crippen LogP contribution >= 0.6 is 0 Å². The molecule has 0 bridgehead atoms. The summed E-state index contributed by atoms with van der Waals surface area (Å²) in [7, 11) is 0. The second kappa shape index (κ2) is 6.10. The van der Waals surface area contributed by atoms with Gasteiger partial charge in [0.05, 0.1) is 6.10 Å². The third-order valence-corrected chi connectivity index (χ3v) is 2.57. The fourth-order valence-electron chi connectivity index (χ4n) is 1.58. The van der Waals surface area contributed by atoms with Crippen LogP contribution in [0.3, 0.4) is 0 Å². The zero-order chi connectivity index (χ0) is 12.8. The van der Waals surface area contributed by atoms with Crippen LogP contribution in [-0.2, 0) is 0 Å². The fourth-order valence-corrected chi connectivity index (χ4v) is 1.58. The smallest absolute Gasteiger partial charge is 0.105 e. The molecule has 1 rings (SSSR count). The molecule has 6 heteroatoms. The highest BCUT2D eigenvalue weighted by Gasteiger charge is 2.19. The highest BCUT2D eigenvalue weighted by Crippen LogP contribution is 2.24. The molecule has 0 radical (unpaired) electrons. The van der Waals surface area contributed by atoms with Gasteiger partial charge in [-0.05, 0) is 42.1 Å². The van der Waals surface area contributed by atoms with Gasteiger partial charge in [-0.15, -0.1) is 0 Å². The summed E-state index contributed by atoms with van der Waals surface area (Å²) in [6, 6.07) is 5.16. The van der Waals surface area contributed by atoms with Gasteiger partial charge in [0.2, 0.25) is 0 Å². The highest BCUT2D eigenvalue weighted by atomic mass is 16.3. The number of aliphatic hydroxyl groups excluding tert-OH is 2. The van der Waals surface area contributed by atoms with E-state index in [4.69, 9.17) is 11.3 Å². The number of aryl methyl sites for hydroxylation is 1. The number of hydrogen-bond donors (Lipinski definition) is 3. The minimum absolute atomic E-state index is 0.149. The first-order valence-electron chi connectivity index (χ1n) is 5.29. The van der Waals surface area contributed by atoms with E-state index in [1.165, 1.54) is 0 Å². The van der Waals surface area contributed by atoms with Crippen molar-refractivity contribution in [3.8, 4) is 0 Å². The molecule has 2 atom stereocenters. The number of anilines is 1. The second-order valence-electron chi connectivity index (χ2n) is 3.87. The number of nitrogens with two attached hydrogens (primary N) is 1. The Morgan fingerprint density at radius 1 is 1.47 bits per heavy atom. The predicted molar refractivity (Wildman–Crippen MR) is 65.2 cm³/mol. The molecular formula is C11H16N4O2. The number of nitrogen functional groups attached to an aromatic ring is 1. The van der Waals surface area contributed by atoms with Gasteiger partial charge in [-0.1, -0.05) is 11.2 Å². The van der Waals surface area contributed by atoms with Crippen molar-refractivity contribution in [2.75, 3.05) is 12.3 Å². The van der Waals surface area contributed by atoms with Crippen molar-refractivity contribution in [1.29, 1.82) is 0 Å². The minimum Gasteiger partial charge on any atom is -0.399 e. The molecule has 92 valence electrons. The molecule has 2 unspecified atom stereocenters. The van der Waals surface area contributed by atoms with E-state index in [1.54, 1.807) is 18.2 Å². The average Bonchev–Trinajstić information content (AvgIpc) is 2.31. The number of benzene rings is 1.